The molecule has 1 aliphatic rings. The number of fused-ring (bicyclic) bond motifs is 4. The van der Waals surface area contributed by atoms with Crippen molar-refractivity contribution in [2.75, 3.05) is 0 Å². The van der Waals surface area contributed by atoms with E-state index in [1.165, 1.54) is 43.2 Å². The zero-order chi connectivity index (χ0) is 42.7. The van der Waals surface area contributed by atoms with Gasteiger partial charge in [0.25, 0.3) is 0 Å². The van der Waals surface area contributed by atoms with E-state index in [1.807, 2.05) is 144 Å². The summed E-state index contributed by atoms with van der Waals surface area (Å²) in [5.41, 5.74) is 11.1. The molecule has 1 radical (unpaired) electrons. The van der Waals surface area contributed by atoms with Gasteiger partial charge >= 0.3 is 0 Å². The van der Waals surface area contributed by atoms with Crippen LogP contribution in [-0.4, -0.2) is 34.7 Å². The topological polar surface area (TPSA) is 95.4 Å². The molecule has 0 amide bonds. The van der Waals surface area contributed by atoms with E-state index < -0.39 is 0 Å². The van der Waals surface area contributed by atoms with Crippen molar-refractivity contribution in [3.63, 3.8) is 0 Å². The predicted octanol–water partition coefficient (Wildman–Crippen LogP) is 13.6. The first kappa shape index (κ1) is 41.6. The van der Waals surface area contributed by atoms with Crippen LogP contribution >= 0.6 is 0 Å². The molecule has 0 atom stereocenters. The Balaban J connectivity index is 0.000000176. The Kier molecular flexibility index (Phi) is 12.0. The van der Waals surface area contributed by atoms with Gasteiger partial charge in [-0.15, -0.1) is 23.8 Å². The van der Waals surface area contributed by atoms with Crippen LogP contribution < -0.4 is 0 Å². The van der Waals surface area contributed by atoms with Crippen LogP contribution in [0.1, 0.15) is 43.6 Å². The summed E-state index contributed by atoms with van der Waals surface area (Å²) in [5, 5.41) is 7.40. The summed E-state index contributed by atoms with van der Waals surface area (Å²) in [7, 11) is 0. The molecule has 0 unspecified atom stereocenters. The van der Waals surface area contributed by atoms with E-state index in [9.17, 15) is 0 Å². The van der Waals surface area contributed by atoms with Gasteiger partial charge in [-0.05, 0) is 58.8 Å². The number of hydrogen-bond donors (Lipinski definition) is 0. The maximum atomic E-state index is 6.26. The summed E-state index contributed by atoms with van der Waals surface area (Å²) in [6, 6.07) is 63.3. The summed E-state index contributed by atoms with van der Waals surface area (Å²) in [6.45, 7) is 0. The van der Waals surface area contributed by atoms with E-state index in [-0.39, 0.29) is 20.1 Å². The maximum Gasteiger partial charge on any atom is 0.216 e. The van der Waals surface area contributed by atoms with Crippen LogP contribution in [0.25, 0.3) is 95.3 Å². The van der Waals surface area contributed by atoms with Crippen molar-refractivity contribution in [1.82, 2.24) is 34.7 Å². The molecule has 0 bridgehead atoms. The molecule has 5 heterocycles. The van der Waals surface area contributed by atoms with Crippen LogP contribution in [0.15, 0.2) is 187 Å². The van der Waals surface area contributed by atoms with Crippen molar-refractivity contribution in [3.8, 4) is 62.4 Å². The van der Waals surface area contributed by atoms with E-state index in [1.54, 1.807) is 0 Å². The number of rotatable bonds is 7. The fourth-order valence-corrected chi connectivity index (χ4v) is 8.52. The van der Waals surface area contributed by atoms with Gasteiger partial charge in [-0.25, -0.2) is 19.9 Å². The van der Waals surface area contributed by atoms with E-state index in [0.717, 1.165) is 66.8 Å². The molecule has 1 saturated carbocycles. The average Bonchev–Trinajstić information content (AvgIpc) is 4.03. The molecule has 0 spiro atoms. The van der Waals surface area contributed by atoms with Crippen LogP contribution in [0.3, 0.4) is 0 Å². The van der Waals surface area contributed by atoms with Crippen molar-refractivity contribution in [1.29, 1.82) is 0 Å². The third-order valence-electron chi connectivity index (χ3n) is 11.9. The second-order valence-electron chi connectivity index (χ2n) is 16.1. The van der Waals surface area contributed by atoms with Crippen molar-refractivity contribution < 1.29 is 24.5 Å². The number of pyridine rings is 2. The number of benzene rings is 6. The normalized spacial score (nSPS) is 12.7. The Morgan fingerprint density at radius 3 is 1.97 bits per heavy atom. The Morgan fingerprint density at radius 1 is 0.538 bits per heavy atom. The largest absolute Gasteiger partial charge is 0.458 e. The average molecular weight is 1020 g/mol. The van der Waals surface area contributed by atoms with Crippen LogP contribution in [0.4, 0.5) is 0 Å². The minimum atomic E-state index is 0. The fraction of sp³-hybridized carbons (Fsp3) is 0.107. The Labute approximate surface area is 390 Å². The molecule has 8 nitrogen and oxygen atoms in total. The minimum absolute atomic E-state index is 0. The van der Waals surface area contributed by atoms with Gasteiger partial charge in [0, 0.05) is 48.4 Å². The van der Waals surface area contributed by atoms with E-state index >= 15 is 0 Å². The number of aromatic nitrogens is 7. The van der Waals surface area contributed by atoms with Gasteiger partial charge in [-0.3, -0.25) is 9.67 Å². The minimum Gasteiger partial charge on any atom is -0.458 e. The summed E-state index contributed by atoms with van der Waals surface area (Å²) >= 11 is 0. The molecule has 5 aromatic heterocycles. The second-order valence-corrected chi connectivity index (χ2v) is 16.1. The molecule has 6 aromatic carbocycles. The molecule has 0 saturated heterocycles. The number of hydrogen-bond acceptors (Lipinski definition) is 7. The van der Waals surface area contributed by atoms with E-state index in [2.05, 4.69) is 59.8 Å². The predicted molar refractivity (Wildman–Crippen MR) is 254 cm³/mol. The molecule has 1 aliphatic carbocycles. The van der Waals surface area contributed by atoms with E-state index in [0.29, 0.717) is 28.9 Å². The number of nitrogens with zero attached hydrogens (tertiary/aromatic N) is 7. The van der Waals surface area contributed by atoms with Gasteiger partial charge < -0.3 is 4.42 Å². The molecular formula is C56H41IrN7O-2. The zero-order valence-corrected chi connectivity index (χ0v) is 37.7. The van der Waals surface area contributed by atoms with Crippen LogP contribution in [0, 0.1) is 12.1 Å². The second kappa shape index (κ2) is 18.7. The zero-order valence-electron chi connectivity index (χ0n) is 35.3. The van der Waals surface area contributed by atoms with Crippen molar-refractivity contribution >= 4 is 33.0 Å². The summed E-state index contributed by atoms with van der Waals surface area (Å²) in [6.07, 6.45) is 10.9. The monoisotopic (exact) mass is 1020 g/mol. The van der Waals surface area contributed by atoms with Gasteiger partial charge in [-0.2, -0.15) is 29.4 Å². The fourth-order valence-electron chi connectivity index (χ4n) is 8.52. The van der Waals surface area contributed by atoms with Crippen LogP contribution in [0.2, 0.25) is 0 Å². The maximum absolute atomic E-state index is 6.26. The molecule has 0 N–H and O–H groups in total. The first-order valence-electron chi connectivity index (χ1n) is 21.8. The third kappa shape index (κ3) is 8.89. The Hall–Kier alpha value is -7.45. The molecular weight excluding hydrogens is 979 g/mol. The first-order valence-corrected chi connectivity index (χ1v) is 21.8. The van der Waals surface area contributed by atoms with E-state index in [4.69, 9.17) is 29.3 Å². The molecule has 65 heavy (non-hydrogen) atoms. The summed E-state index contributed by atoms with van der Waals surface area (Å²) < 4.78 is 8.14. The van der Waals surface area contributed by atoms with Gasteiger partial charge in [-0.1, -0.05) is 152 Å². The van der Waals surface area contributed by atoms with Crippen molar-refractivity contribution in [3.05, 3.63) is 200 Å². The molecule has 1 fully saturated rings. The van der Waals surface area contributed by atoms with Crippen LogP contribution in [-0.2, 0) is 20.1 Å². The van der Waals surface area contributed by atoms with Crippen LogP contribution in [0.5, 0.6) is 0 Å². The molecule has 0 aliphatic heterocycles. The standard InChI is InChI=1S/C35H20N5O.C21H21N2.Ir/c1-3-10-23(11-4-1)32-38-33(24-12-5-2-6-13-24)40-34(39-32)30-20-18-27-26-17-15-25(21-31(26)41-35(27)37-30)29-19-16-22-9-7-8-14-28(22)36-29;1-3-7-17(8-4-1)18-11-13-19(14-12-18)20-15-22-23(16-20)21-9-5-2-6-10-21;/h1-14,16-21H;2,5-6,9,11-17H,1,3-4,7-8H2;/q2*-1;. The Bertz CT molecular complexity index is 3310. The quantitative estimate of drug-likeness (QED) is 0.147. The molecule has 11 aromatic rings. The summed E-state index contributed by atoms with van der Waals surface area (Å²) in [4.78, 5) is 24.0. The van der Waals surface area contributed by atoms with Gasteiger partial charge in [0.2, 0.25) is 5.71 Å². The number of furan rings is 1. The first-order chi connectivity index (χ1) is 31.7. The Morgan fingerprint density at radius 2 is 1.23 bits per heavy atom. The van der Waals surface area contributed by atoms with Crippen molar-refractivity contribution in [2.24, 2.45) is 0 Å². The SMILES string of the molecule is [Ir].[c-]1cc2c(cc1-c1ccc3ccccc3n1)oc1nc(-c3nc(-c4ccccc4)nc(-c4ccccc4)n3)ccc12.[c-]1ccccc1-n1cc(-c2ccc(C3CCCCC3)cc2)cn1. The van der Waals surface area contributed by atoms with Gasteiger partial charge in [0.05, 0.1) is 17.3 Å². The molecule has 12 rings (SSSR count). The van der Waals surface area contributed by atoms with Gasteiger partial charge in [0.1, 0.15) is 5.69 Å². The third-order valence-corrected chi connectivity index (χ3v) is 11.9. The molecule has 317 valence electrons. The summed E-state index contributed by atoms with van der Waals surface area (Å²) in [5.74, 6) is 2.42. The number of para-hydroxylation sites is 2. The van der Waals surface area contributed by atoms with Gasteiger partial charge in [0.15, 0.2) is 17.5 Å². The smallest absolute Gasteiger partial charge is 0.216 e. The molecule has 9 heteroatoms. The van der Waals surface area contributed by atoms with Crippen molar-refractivity contribution in [2.45, 2.75) is 38.0 Å².